The van der Waals surface area contributed by atoms with Gasteiger partial charge in [0, 0.05) is 7.05 Å². The van der Waals surface area contributed by atoms with Gasteiger partial charge in [-0.15, -0.1) is 0 Å². The fourth-order valence-electron chi connectivity index (χ4n) is 1.08. The third-order valence-electron chi connectivity index (χ3n) is 1.76. The van der Waals surface area contributed by atoms with E-state index in [9.17, 15) is 0 Å². The monoisotopic (exact) mass is 184 g/mol. The molecule has 0 aromatic carbocycles. The summed E-state index contributed by atoms with van der Waals surface area (Å²) in [5, 5.41) is 7.36. The van der Waals surface area contributed by atoms with Crippen LogP contribution in [0.4, 0.5) is 5.69 Å². The van der Waals surface area contributed by atoms with E-state index < -0.39 is 0 Å². The molecule has 0 aliphatic rings. The number of nitrogens with two attached hydrogens (primary N) is 1. The van der Waals surface area contributed by atoms with Crippen molar-refractivity contribution < 1.29 is 0 Å². The van der Waals surface area contributed by atoms with Crippen LogP contribution in [0.5, 0.6) is 0 Å². The van der Waals surface area contributed by atoms with Gasteiger partial charge in [0.15, 0.2) is 5.11 Å². The first-order valence-electron chi connectivity index (χ1n) is 3.59. The highest BCUT2D eigenvalue weighted by Crippen LogP contribution is 2.17. The Morgan fingerprint density at radius 1 is 1.58 bits per heavy atom. The first kappa shape index (κ1) is 8.99. The maximum Gasteiger partial charge on any atom is 0.168 e. The van der Waals surface area contributed by atoms with E-state index in [2.05, 4.69) is 10.4 Å². The van der Waals surface area contributed by atoms with E-state index in [0.29, 0.717) is 0 Å². The molecule has 1 heterocycles. The first-order valence-corrected chi connectivity index (χ1v) is 4.00. The van der Waals surface area contributed by atoms with Crippen LogP contribution in [0.15, 0.2) is 0 Å². The molecule has 0 spiro atoms. The Hall–Kier alpha value is -1.10. The van der Waals surface area contributed by atoms with Gasteiger partial charge < -0.3 is 11.1 Å². The summed E-state index contributed by atoms with van der Waals surface area (Å²) < 4.78 is 1.79. The number of nitrogens with zero attached hydrogens (tertiary/aromatic N) is 2. The molecule has 5 heteroatoms. The highest BCUT2D eigenvalue weighted by atomic mass is 32.1. The molecule has 0 aliphatic carbocycles. The van der Waals surface area contributed by atoms with Crippen molar-refractivity contribution in [2.75, 3.05) is 5.32 Å². The van der Waals surface area contributed by atoms with E-state index in [1.165, 1.54) is 0 Å². The van der Waals surface area contributed by atoms with Crippen molar-refractivity contribution in [2.45, 2.75) is 13.8 Å². The van der Waals surface area contributed by atoms with Crippen molar-refractivity contribution in [1.82, 2.24) is 9.78 Å². The van der Waals surface area contributed by atoms with Gasteiger partial charge in [-0.1, -0.05) is 0 Å². The molecule has 1 rings (SSSR count). The molecule has 0 saturated carbocycles. The average Bonchev–Trinajstić information content (AvgIpc) is 2.16. The largest absolute Gasteiger partial charge is 0.376 e. The predicted molar refractivity (Wildman–Crippen MR) is 53.1 cm³/mol. The van der Waals surface area contributed by atoms with Crippen LogP contribution in [0, 0.1) is 13.8 Å². The lowest BCUT2D eigenvalue weighted by atomic mass is 10.3. The third kappa shape index (κ3) is 1.55. The van der Waals surface area contributed by atoms with Gasteiger partial charge in [-0.2, -0.15) is 5.10 Å². The minimum absolute atomic E-state index is 0.272. The second-order valence-corrected chi connectivity index (χ2v) is 3.10. The summed E-state index contributed by atoms with van der Waals surface area (Å²) in [5.74, 6) is 0. The zero-order chi connectivity index (χ0) is 9.30. The van der Waals surface area contributed by atoms with Crippen molar-refractivity contribution in [3.63, 3.8) is 0 Å². The average molecular weight is 184 g/mol. The highest BCUT2D eigenvalue weighted by Gasteiger charge is 2.08. The van der Waals surface area contributed by atoms with Crippen molar-refractivity contribution >= 4 is 23.0 Å². The van der Waals surface area contributed by atoms with Gasteiger partial charge in [-0.25, -0.2) is 0 Å². The molecule has 0 atom stereocenters. The molecule has 0 saturated heterocycles. The van der Waals surface area contributed by atoms with Gasteiger partial charge in [0.2, 0.25) is 0 Å². The Kier molecular flexibility index (Phi) is 2.32. The van der Waals surface area contributed by atoms with Crippen molar-refractivity contribution in [2.24, 2.45) is 12.8 Å². The number of aryl methyl sites for hydroxylation is 2. The molecule has 0 bridgehead atoms. The Bertz CT molecular complexity index is 315. The van der Waals surface area contributed by atoms with Crippen molar-refractivity contribution in [3.8, 4) is 0 Å². The number of aromatic nitrogens is 2. The summed E-state index contributed by atoms with van der Waals surface area (Å²) in [6, 6.07) is 0. The topological polar surface area (TPSA) is 55.9 Å². The Labute approximate surface area is 76.7 Å². The molecule has 1 aromatic rings. The van der Waals surface area contributed by atoms with Gasteiger partial charge in [-0.05, 0) is 26.1 Å². The zero-order valence-electron chi connectivity index (χ0n) is 7.38. The summed E-state index contributed by atoms with van der Waals surface area (Å²) in [6.45, 7) is 3.87. The number of hydrogen-bond donors (Lipinski definition) is 2. The number of hydrogen-bond acceptors (Lipinski definition) is 2. The van der Waals surface area contributed by atoms with Gasteiger partial charge in [0.1, 0.15) is 0 Å². The first-order chi connectivity index (χ1) is 5.52. The van der Waals surface area contributed by atoms with Crippen LogP contribution in [0.25, 0.3) is 0 Å². The summed E-state index contributed by atoms with van der Waals surface area (Å²) in [4.78, 5) is 0. The summed E-state index contributed by atoms with van der Waals surface area (Å²) in [6.07, 6.45) is 0. The van der Waals surface area contributed by atoms with E-state index >= 15 is 0 Å². The lowest BCUT2D eigenvalue weighted by Gasteiger charge is -2.02. The quantitative estimate of drug-likeness (QED) is 0.631. The summed E-state index contributed by atoms with van der Waals surface area (Å²) >= 11 is 4.74. The van der Waals surface area contributed by atoms with Gasteiger partial charge in [-0.3, -0.25) is 4.68 Å². The minimum atomic E-state index is 0.272. The molecule has 12 heavy (non-hydrogen) atoms. The van der Waals surface area contributed by atoms with E-state index in [1.807, 2.05) is 20.9 Å². The molecular formula is C7H12N4S. The minimum Gasteiger partial charge on any atom is -0.376 e. The molecule has 0 fully saturated rings. The lowest BCUT2D eigenvalue weighted by molar-refractivity contribution is 0.731. The smallest absolute Gasteiger partial charge is 0.168 e. The van der Waals surface area contributed by atoms with Gasteiger partial charge in [0.05, 0.1) is 17.1 Å². The second-order valence-electron chi connectivity index (χ2n) is 2.66. The molecule has 0 radical (unpaired) electrons. The molecule has 3 N–H and O–H groups in total. The fourth-order valence-corrected chi connectivity index (χ4v) is 1.18. The van der Waals surface area contributed by atoms with Crippen LogP contribution in [-0.4, -0.2) is 14.9 Å². The van der Waals surface area contributed by atoms with E-state index in [1.54, 1.807) is 4.68 Å². The molecule has 0 aliphatic heterocycles. The predicted octanol–water partition coefficient (Wildman–Crippen LogP) is 0.692. The van der Waals surface area contributed by atoms with Crippen LogP contribution in [0.3, 0.4) is 0 Å². The van der Waals surface area contributed by atoms with Crippen molar-refractivity contribution in [1.29, 1.82) is 0 Å². The van der Waals surface area contributed by atoms with E-state index in [4.69, 9.17) is 18.0 Å². The maximum atomic E-state index is 5.35. The SMILES string of the molecule is Cc1nn(C)c(C)c1NC(N)=S. The molecular weight excluding hydrogens is 172 g/mol. The fraction of sp³-hybridized carbons (Fsp3) is 0.429. The summed E-state index contributed by atoms with van der Waals surface area (Å²) in [7, 11) is 1.88. The van der Waals surface area contributed by atoms with Crippen LogP contribution in [-0.2, 0) is 7.05 Å². The van der Waals surface area contributed by atoms with Crippen molar-refractivity contribution in [3.05, 3.63) is 11.4 Å². The van der Waals surface area contributed by atoms with Gasteiger partial charge in [0.25, 0.3) is 0 Å². The Balaban J connectivity index is 3.05. The van der Waals surface area contributed by atoms with E-state index in [0.717, 1.165) is 17.1 Å². The third-order valence-corrected chi connectivity index (χ3v) is 1.86. The number of nitrogens with one attached hydrogen (secondary N) is 1. The van der Waals surface area contributed by atoms with Gasteiger partial charge >= 0.3 is 0 Å². The van der Waals surface area contributed by atoms with Crippen LogP contribution in [0.1, 0.15) is 11.4 Å². The van der Waals surface area contributed by atoms with Crippen LogP contribution >= 0.6 is 12.2 Å². The standard InChI is InChI=1S/C7H12N4S/c1-4-6(9-7(8)12)5(2)11(3)10-4/h1-3H3,(H3,8,9,12). The molecule has 1 aromatic heterocycles. The Morgan fingerprint density at radius 3 is 2.50 bits per heavy atom. The van der Waals surface area contributed by atoms with Crippen LogP contribution in [0.2, 0.25) is 0 Å². The molecule has 0 amide bonds. The highest BCUT2D eigenvalue weighted by molar-refractivity contribution is 7.80. The molecule has 4 nitrogen and oxygen atoms in total. The molecule has 66 valence electrons. The summed E-state index contributed by atoms with van der Waals surface area (Å²) in [5.41, 5.74) is 8.20. The zero-order valence-corrected chi connectivity index (χ0v) is 8.20. The second kappa shape index (κ2) is 3.10. The Morgan fingerprint density at radius 2 is 2.17 bits per heavy atom. The number of rotatable bonds is 1. The molecule has 0 unspecified atom stereocenters. The lowest BCUT2D eigenvalue weighted by Crippen LogP contribution is -2.19. The normalized spacial score (nSPS) is 9.92. The number of anilines is 1. The maximum absolute atomic E-state index is 5.35. The van der Waals surface area contributed by atoms with E-state index in [-0.39, 0.29) is 5.11 Å². The number of thiocarbonyl (C=S) groups is 1. The van der Waals surface area contributed by atoms with Crippen LogP contribution < -0.4 is 11.1 Å².